The largest absolute Gasteiger partial charge is 0.353 e. The van der Waals surface area contributed by atoms with E-state index in [1.807, 2.05) is 19.9 Å². The fourth-order valence-corrected chi connectivity index (χ4v) is 4.43. The molecule has 0 aromatic carbocycles. The molecule has 1 fully saturated rings. The minimum absolute atomic E-state index is 0.171. The number of aromatic amines is 1. The summed E-state index contributed by atoms with van der Waals surface area (Å²) in [5.41, 5.74) is 10.1. The van der Waals surface area contributed by atoms with Crippen molar-refractivity contribution < 1.29 is 0 Å². The van der Waals surface area contributed by atoms with Gasteiger partial charge in [-0.25, -0.2) is 9.67 Å². The highest BCUT2D eigenvalue weighted by molar-refractivity contribution is 9.10. The predicted molar refractivity (Wildman–Crippen MR) is 120 cm³/mol. The maximum absolute atomic E-state index is 6.01. The van der Waals surface area contributed by atoms with E-state index in [4.69, 9.17) is 15.7 Å². The maximum atomic E-state index is 6.01. The van der Waals surface area contributed by atoms with Crippen molar-refractivity contribution in [1.29, 1.82) is 0 Å². The van der Waals surface area contributed by atoms with Gasteiger partial charge < -0.3 is 20.9 Å². The van der Waals surface area contributed by atoms with E-state index in [0.29, 0.717) is 5.95 Å². The lowest BCUT2D eigenvalue weighted by atomic mass is 10.1. The number of nitrogens with two attached hydrogens (primary N) is 1. The Bertz CT molecular complexity index is 1240. The summed E-state index contributed by atoms with van der Waals surface area (Å²) in [6.07, 6.45) is 2.62. The topological polar surface area (TPSA) is 126 Å². The lowest BCUT2D eigenvalue weighted by Gasteiger charge is -2.38. The Morgan fingerprint density at radius 1 is 1.33 bits per heavy atom. The van der Waals surface area contributed by atoms with Gasteiger partial charge in [0.05, 0.1) is 27.8 Å². The summed E-state index contributed by atoms with van der Waals surface area (Å²) in [6, 6.07) is 2.27. The van der Waals surface area contributed by atoms with Crippen molar-refractivity contribution in [2.24, 2.45) is 5.73 Å². The van der Waals surface area contributed by atoms with Gasteiger partial charge in [0.1, 0.15) is 17.0 Å². The fraction of sp³-hybridized carbons (Fsp3) is 0.421. The minimum atomic E-state index is 0.171. The second kappa shape index (κ2) is 7.17. The zero-order valence-electron chi connectivity index (χ0n) is 17.0. The summed E-state index contributed by atoms with van der Waals surface area (Å²) in [6.45, 7) is 7.75. The van der Waals surface area contributed by atoms with Gasteiger partial charge in [-0.15, -0.1) is 5.10 Å². The van der Waals surface area contributed by atoms with E-state index in [1.165, 1.54) is 0 Å². The second-order valence-electron chi connectivity index (χ2n) is 7.85. The molecule has 0 radical (unpaired) electrons. The first kappa shape index (κ1) is 19.2. The lowest BCUT2D eigenvalue weighted by Crippen LogP contribution is -2.56. The molecule has 10 nitrogen and oxygen atoms in total. The number of aromatic nitrogens is 7. The number of pyridine rings is 1. The van der Waals surface area contributed by atoms with Crippen LogP contribution in [0.1, 0.15) is 32.5 Å². The maximum Gasteiger partial charge on any atom is 0.231 e. The molecule has 0 saturated carbocycles. The van der Waals surface area contributed by atoms with Crippen LogP contribution < -0.4 is 16.0 Å². The highest BCUT2D eigenvalue weighted by Crippen LogP contribution is 2.36. The summed E-state index contributed by atoms with van der Waals surface area (Å²) in [4.78, 5) is 19.6. The molecule has 4 aromatic heterocycles. The monoisotopic (exact) mass is 470 g/mol. The molecule has 4 aromatic rings. The number of aryl methyl sites for hydroxylation is 1. The van der Waals surface area contributed by atoms with Crippen LogP contribution in [0, 0.1) is 0 Å². The zero-order chi connectivity index (χ0) is 21.0. The van der Waals surface area contributed by atoms with Gasteiger partial charge in [0.25, 0.3) is 0 Å². The number of nitrogens with one attached hydrogen (secondary N) is 2. The van der Waals surface area contributed by atoms with Crippen LogP contribution in [0.25, 0.3) is 22.2 Å². The molecular weight excluding hydrogens is 448 g/mol. The zero-order valence-corrected chi connectivity index (χ0v) is 18.6. The Morgan fingerprint density at radius 3 is 2.83 bits per heavy atom. The van der Waals surface area contributed by atoms with Crippen LogP contribution in [0.3, 0.4) is 0 Å². The van der Waals surface area contributed by atoms with E-state index in [1.54, 1.807) is 10.9 Å². The first-order valence-electron chi connectivity index (χ1n) is 10.0. The molecule has 156 valence electrons. The SMILES string of the molecule is CCc1[nH]c2nc(Nc3cnc4c(c3)nnn4C(C)C)nc(N3CC(N)C3)c2c1Br. The lowest BCUT2D eigenvalue weighted by molar-refractivity contribution is 0.516. The smallest absolute Gasteiger partial charge is 0.231 e. The van der Waals surface area contributed by atoms with E-state index >= 15 is 0 Å². The normalized spacial score (nSPS) is 14.8. The van der Waals surface area contributed by atoms with Gasteiger partial charge >= 0.3 is 0 Å². The van der Waals surface area contributed by atoms with E-state index in [0.717, 1.165) is 63.4 Å². The molecule has 0 atom stereocenters. The van der Waals surface area contributed by atoms with Gasteiger partial charge in [0.15, 0.2) is 5.65 Å². The fourth-order valence-electron chi connectivity index (χ4n) is 3.68. The van der Waals surface area contributed by atoms with Crippen LogP contribution in [0.4, 0.5) is 17.5 Å². The van der Waals surface area contributed by atoms with Crippen LogP contribution in [-0.4, -0.2) is 54.1 Å². The Kier molecular flexibility index (Phi) is 4.58. The van der Waals surface area contributed by atoms with Gasteiger partial charge in [0.2, 0.25) is 5.95 Å². The molecule has 0 spiro atoms. The summed E-state index contributed by atoms with van der Waals surface area (Å²) in [7, 11) is 0. The number of hydrogen-bond donors (Lipinski definition) is 3. The van der Waals surface area contributed by atoms with Crippen molar-refractivity contribution in [2.45, 2.75) is 39.3 Å². The van der Waals surface area contributed by atoms with Crippen LogP contribution >= 0.6 is 15.9 Å². The average molecular weight is 471 g/mol. The van der Waals surface area contributed by atoms with Crippen molar-refractivity contribution in [2.75, 3.05) is 23.3 Å². The third-order valence-corrected chi connectivity index (χ3v) is 6.14. The van der Waals surface area contributed by atoms with Gasteiger partial charge in [-0.05, 0) is 42.3 Å². The number of fused-ring (bicyclic) bond motifs is 2. The van der Waals surface area contributed by atoms with E-state index in [2.05, 4.69) is 53.4 Å². The minimum Gasteiger partial charge on any atom is -0.353 e. The first-order valence-corrected chi connectivity index (χ1v) is 10.8. The molecular formula is C19H23BrN10. The Balaban J connectivity index is 1.55. The number of nitrogens with zero attached hydrogens (tertiary/aromatic N) is 7. The number of anilines is 3. The molecule has 1 saturated heterocycles. The summed E-state index contributed by atoms with van der Waals surface area (Å²) < 4.78 is 2.81. The second-order valence-corrected chi connectivity index (χ2v) is 8.64. The van der Waals surface area contributed by atoms with Crippen molar-refractivity contribution in [3.8, 4) is 0 Å². The third-order valence-electron chi connectivity index (χ3n) is 5.26. The summed E-state index contributed by atoms with van der Waals surface area (Å²) in [5.74, 6) is 1.36. The highest BCUT2D eigenvalue weighted by Gasteiger charge is 2.28. The molecule has 0 amide bonds. The Morgan fingerprint density at radius 2 is 2.13 bits per heavy atom. The molecule has 0 unspecified atom stereocenters. The van der Waals surface area contributed by atoms with E-state index < -0.39 is 0 Å². The first-order chi connectivity index (χ1) is 14.4. The molecule has 1 aliphatic rings. The quantitative estimate of drug-likeness (QED) is 0.406. The van der Waals surface area contributed by atoms with Crippen molar-refractivity contribution in [3.05, 3.63) is 22.4 Å². The van der Waals surface area contributed by atoms with Crippen LogP contribution in [-0.2, 0) is 6.42 Å². The van der Waals surface area contributed by atoms with Gasteiger partial charge in [-0.3, -0.25) is 0 Å². The van der Waals surface area contributed by atoms with E-state index in [-0.39, 0.29) is 12.1 Å². The molecule has 4 N–H and O–H groups in total. The summed E-state index contributed by atoms with van der Waals surface area (Å²) >= 11 is 3.71. The molecule has 5 heterocycles. The molecule has 11 heteroatoms. The number of rotatable bonds is 5. The standard InChI is InChI=1S/C19H23BrN10/c1-4-12-15(20)14-16(24-12)25-19(26-18(14)29-7-10(21)8-29)23-11-5-13-17(22-6-11)30(9(2)3)28-27-13/h5-6,9-10H,4,7-8,21H2,1-3H3,(H2,23,24,25,26). The third kappa shape index (κ3) is 3.08. The van der Waals surface area contributed by atoms with Gasteiger partial charge in [-0.1, -0.05) is 12.1 Å². The molecule has 1 aliphatic heterocycles. The Labute approximate surface area is 181 Å². The number of H-pyrrole nitrogens is 1. The molecule has 5 rings (SSSR count). The van der Waals surface area contributed by atoms with E-state index in [9.17, 15) is 0 Å². The van der Waals surface area contributed by atoms with Gasteiger partial charge in [-0.2, -0.15) is 9.97 Å². The van der Waals surface area contributed by atoms with Gasteiger partial charge in [0, 0.05) is 24.8 Å². The predicted octanol–water partition coefficient (Wildman–Crippen LogP) is 2.89. The van der Waals surface area contributed by atoms with Crippen LogP contribution in [0.15, 0.2) is 16.7 Å². The average Bonchev–Trinajstić information content (AvgIpc) is 3.25. The Hall–Kier alpha value is -2.79. The van der Waals surface area contributed by atoms with Crippen LogP contribution in [0.5, 0.6) is 0 Å². The van der Waals surface area contributed by atoms with Crippen LogP contribution in [0.2, 0.25) is 0 Å². The number of halogens is 1. The molecule has 30 heavy (non-hydrogen) atoms. The highest BCUT2D eigenvalue weighted by atomic mass is 79.9. The number of hydrogen-bond acceptors (Lipinski definition) is 8. The molecule has 0 aliphatic carbocycles. The molecule has 0 bridgehead atoms. The van der Waals surface area contributed by atoms with Crippen molar-refractivity contribution in [1.82, 2.24) is 34.9 Å². The van der Waals surface area contributed by atoms with Crippen molar-refractivity contribution in [3.63, 3.8) is 0 Å². The van der Waals surface area contributed by atoms with Crippen molar-refractivity contribution >= 4 is 55.6 Å². The summed E-state index contributed by atoms with van der Waals surface area (Å²) in [5, 5.41) is 12.7.